The Morgan fingerprint density at radius 2 is 1.27 bits per heavy atom. The minimum atomic E-state index is -0.470. The maximum absolute atomic E-state index is 7.15. The smallest absolute Gasteiger partial charge is 0.119 e. The molecule has 0 N–H and O–H groups in total. The van der Waals surface area contributed by atoms with Crippen molar-refractivity contribution in [3.63, 3.8) is 0 Å². The van der Waals surface area contributed by atoms with E-state index < -0.39 is 5.60 Å². The van der Waals surface area contributed by atoms with Gasteiger partial charge in [0.05, 0.1) is 44.7 Å². The summed E-state index contributed by atoms with van der Waals surface area (Å²) in [5.41, 5.74) is 6.11. The Morgan fingerprint density at radius 3 is 1.88 bits per heavy atom. The zero-order valence-electron chi connectivity index (χ0n) is 27.9. The molecule has 5 aromatic carbocycles. The fourth-order valence-corrected chi connectivity index (χ4v) is 7.07. The highest BCUT2D eigenvalue weighted by atomic mass is 35.5. The van der Waals surface area contributed by atoms with Gasteiger partial charge in [0.25, 0.3) is 0 Å². The van der Waals surface area contributed by atoms with Crippen LogP contribution in [-0.4, -0.2) is 31.0 Å². The van der Waals surface area contributed by atoms with E-state index in [9.17, 15) is 0 Å². The van der Waals surface area contributed by atoms with Gasteiger partial charge in [0.15, 0.2) is 0 Å². The molecule has 6 heteroatoms. The molecule has 1 aliphatic heterocycles. The summed E-state index contributed by atoms with van der Waals surface area (Å²) in [6, 6.07) is 45.3. The Labute approximate surface area is 294 Å². The first-order chi connectivity index (χ1) is 24.1. The number of rotatable bonds is 15. The van der Waals surface area contributed by atoms with Gasteiger partial charge in [-0.05, 0) is 71.3 Å². The molecule has 0 bridgehead atoms. The van der Waals surface area contributed by atoms with E-state index in [1.54, 1.807) is 0 Å². The Morgan fingerprint density at radius 1 is 0.673 bits per heavy atom. The zero-order chi connectivity index (χ0) is 33.5. The molecule has 7 rings (SSSR count). The molecule has 5 unspecified atom stereocenters. The van der Waals surface area contributed by atoms with Crippen molar-refractivity contribution in [3.8, 4) is 5.75 Å². The zero-order valence-corrected chi connectivity index (χ0v) is 28.6. The largest absolute Gasteiger partial charge is 0.494 e. The van der Waals surface area contributed by atoms with E-state index in [2.05, 4.69) is 60.7 Å². The standard InChI is InChI=1S/C43H43ClO5/c1-2-46-37-21-18-31(19-22-37)24-36-25-35(20-23-39(36)44)40-42(48-29-34-16-10-5-11-17-34)41(47-28-33-14-8-4-9-15-33)38-26-43(38,49-40)30-45-27-32-12-6-3-7-13-32/h3-23,25,38,40-42H,2,24,26-30H2,1H3. The second-order valence-corrected chi connectivity index (χ2v) is 13.4. The van der Waals surface area contributed by atoms with Crippen molar-refractivity contribution in [2.45, 2.75) is 63.5 Å². The van der Waals surface area contributed by atoms with Crippen LogP contribution in [0.3, 0.4) is 0 Å². The summed E-state index contributed by atoms with van der Waals surface area (Å²) in [7, 11) is 0. The highest BCUT2D eigenvalue weighted by molar-refractivity contribution is 6.31. The first kappa shape index (κ1) is 33.5. The minimum Gasteiger partial charge on any atom is -0.494 e. The summed E-state index contributed by atoms with van der Waals surface area (Å²) in [5, 5.41) is 0.720. The fourth-order valence-electron chi connectivity index (χ4n) is 6.88. The van der Waals surface area contributed by atoms with Gasteiger partial charge in [-0.2, -0.15) is 0 Å². The fraction of sp³-hybridized carbons (Fsp3) is 0.302. The predicted molar refractivity (Wildman–Crippen MR) is 193 cm³/mol. The summed E-state index contributed by atoms with van der Waals surface area (Å²) in [4.78, 5) is 0. The third-order valence-electron chi connectivity index (χ3n) is 9.52. The van der Waals surface area contributed by atoms with E-state index in [1.165, 1.54) is 0 Å². The summed E-state index contributed by atoms with van der Waals surface area (Å²) >= 11 is 6.84. The topological polar surface area (TPSA) is 46.2 Å². The van der Waals surface area contributed by atoms with Gasteiger partial charge in [-0.15, -0.1) is 0 Å². The van der Waals surface area contributed by atoms with Crippen molar-refractivity contribution >= 4 is 11.6 Å². The average molecular weight is 675 g/mol. The van der Waals surface area contributed by atoms with Gasteiger partial charge in [-0.3, -0.25) is 0 Å². The van der Waals surface area contributed by atoms with Crippen LogP contribution in [0, 0.1) is 5.92 Å². The Bertz CT molecular complexity index is 1770. The van der Waals surface area contributed by atoms with E-state index in [0.717, 1.165) is 50.6 Å². The normalized spacial score (nSPS) is 22.7. The molecule has 1 aliphatic carbocycles. The Hall–Kier alpha value is -3.97. The van der Waals surface area contributed by atoms with Crippen LogP contribution in [0.15, 0.2) is 133 Å². The molecule has 0 aromatic heterocycles. The number of halogens is 1. The molecule has 49 heavy (non-hydrogen) atoms. The van der Waals surface area contributed by atoms with Crippen LogP contribution >= 0.6 is 11.6 Å². The second-order valence-electron chi connectivity index (χ2n) is 13.0. The monoisotopic (exact) mass is 674 g/mol. The van der Waals surface area contributed by atoms with Crippen molar-refractivity contribution < 1.29 is 23.7 Å². The molecule has 0 amide bonds. The van der Waals surface area contributed by atoms with Crippen LogP contribution < -0.4 is 4.74 Å². The van der Waals surface area contributed by atoms with Crippen molar-refractivity contribution in [2.75, 3.05) is 13.2 Å². The maximum Gasteiger partial charge on any atom is 0.119 e. The number of benzene rings is 5. The van der Waals surface area contributed by atoms with Gasteiger partial charge < -0.3 is 23.7 Å². The number of hydrogen-bond acceptors (Lipinski definition) is 5. The third-order valence-corrected chi connectivity index (χ3v) is 9.89. The van der Waals surface area contributed by atoms with Crippen LogP contribution in [0.5, 0.6) is 5.75 Å². The average Bonchev–Trinajstić information content (AvgIpc) is 3.87. The first-order valence-electron chi connectivity index (χ1n) is 17.2. The van der Waals surface area contributed by atoms with Crippen molar-refractivity contribution in [3.05, 3.63) is 172 Å². The first-order valence-corrected chi connectivity index (χ1v) is 17.6. The van der Waals surface area contributed by atoms with Crippen LogP contribution in [0.2, 0.25) is 5.02 Å². The lowest BCUT2D eigenvalue weighted by Gasteiger charge is -2.41. The molecule has 0 spiro atoms. The molecular weight excluding hydrogens is 632 g/mol. The third kappa shape index (κ3) is 8.26. The second kappa shape index (κ2) is 15.7. The van der Waals surface area contributed by atoms with Gasteiger partial charge in [0.1, 0.15) is 18.0 Å². The SMILES string of the molecule is CCOc1ccc(Cc2cc(C3OC4(COCc5ccccc5)CC4C(OCc4ccccc4)C3OCc3ccccc3)ccc2Cl)cc1. The maximum atomic E-state index is 7.15. The number of fused-ring (bicyclic) bond motifs is 1. The molecular formula is C43H43ClO5. The molecule has 5 nitrogen and oxygen atoms in total. The molecule has 2 fully saturated rings. The van der Waals surface area contributed by atoms with E-state index in [4.69, 9.17) is 35.3 Å². The minimum absolute atomic E-state index is 0.139. The Kier molecular flexibility index (Phi) is 10.8. The highest BCUT2D eigenvalue weighted by Crippen LogP contribution is 2.59. The predicted octanol–water partition coefficient (Wildman–Crippen LogP) is 9.55. The molecule has 1 saturated heterocycles. The lowest BCUT2D eigenvalue weighted by molar-refractivity contribution is -0.224. The highest BCUT2D eigenvalue weighted by Gasteiger charge is 2.67. The molecule has 5 atom stereocenters. The summed E-state index contributed by atoms with van der Waals surface area (Å²) in [6.07, 6.45) is 0.588. The van der Waals surface area contributed by atoms with Gasteiger partial charge >= 0.3 is 0 Å². The van der Waals surface area contributed by atoms with Crippen LogP contribution in [-0.2, 0) is 45.2 Å². The number of ether oxygens (including phenoxy) is 5. The molecule has 5 aromatic rings. The molecule has 2 aliphatic rings. The van der Waals surface area contributed by atoms with E-state index >= 15 is 0 Å². The van der Waals surface area contributed by atoms with E-state index in [-0.39, 0.29) is 24.2 Å². The van der Waals surface area contributed by atoms with Crippen molar-refractivity contribution in [2.24, 2.45) is 5.92 Å². The van der Waals surface area contributed by atoms with E-state index in [1.807, 2.05) is 79.7 Å². The van der Waals surface area contributed by atoms with Crippen molar-refractivity contribution in [1.82, 2.24) is 0 Å². The summed E-state index contributed by atoms with van der Waals surface area (Å²) in [5.74, 6) is 1.00. The molecule has 252 valence electrons. The van der Waals surface area contributed by atoms with Gasteiger partial charge in [0.2, 0.25) is 0 Å². The summed E-state index contributed by atoms with van der Waals surface area (Å²) < 4.78 is 32.9. The molecule has 0 radical (unpaired) electrons. The summed E-state index contributed by atoms with van der Waals surface area (Å²) in [6.45, 7) is 4.58. The van der Waals surface area contributed by atoms with Gasteiger partial charge in [-0.1, -0.05) is 127 Å². The van der Waals surface area contributed by atoms with Crippen LogP contribution in [0.25, 0.3) is 0 Å². The van der Waals surface area contributed by atoms with Gasteiger partial charge in [0, 0.05) is 10.9 Å². The Balaban J connectivity index is 1.19. The molecule has 1 heterocycles. The number of hydrogen-bond donors (Lipinski definition) is 0. The van der Waals surface area contributed by atoms with E-state index in [0.29, 0.717) is 39.5 Å². The van der Waals surface area contributed by atoms with Gasteiger partial charge in [-0.25, -0.2) is 0 Å². The van der Waals surface area contributed by atoms with Crippen LogP contribution in [0.4, 0.5) is 0 Å². The van der Waals surface area contributed by atoms with Crippen LogP contribution in [0.1, 0.15) is 52.8 Å². The quantitative estimate of drug-likeness (QED) is 0.111. The van der Waals surface area contributed by atoms with Crippen molar-refractivity contribution in [1.29, 1.82) is 0 Å². The lowest BCUT2D eigenvalue weighted by Crippen LogP contribution is -2.49. The lowest BCUT2D eigenvalue weighted by atomic mass is 9.91. The molecule has 1 saturated carbocycles.